The summed E-state index contributed by atoms with van der Waals surface area (Å²) in [5, 5.41) is 8.48. The number of hydrogen-bond acceptors (Lipinski definition) is 3. The zero-order chi connectivity index (χ0) is 9.78. The van der Waals surface area contributed by atoms with Crippen molar-refractivity contribution in [1.82, 2.24) is 9.44 Å². The second kappa shape index (κ2) is 4.39. The zero-order valence-electron chi connectivity index (χ0n) is 6.86. The van der Waals surface area contributed by atoms with Crippen molar-refractivity contribution in [1.29, 1.82) is 0 Å². The zero-order valence-corrected chi connectivity index (χ0v) is 7.68. The lowest BCUT2D eigenvalue weighted by Crippen LogP contribution is -2.44. The van der Waals surface area contributed by atoms with Crippen molar-refractivity contribution in [3.63, 3.8) is 0 Å². The number of hydrogen-bond donors (Lipinski definition) is 3. The highest BCUT2D eigenvalue weighted by atomic mass is 32.2. The van der Waals surface area contributed by atoms with E-state index >= 15 is 0 Å². The van der Waals surface area contributed by atoms with Crippen LogP contribution in [0.5, 0.6) is 0 Å². The van der Waals surface area contributed by atoms with Crippen LogP contribution in [0.4, 0.5) is 0 Å². The third-order valence-corrected chi connectivity index (χ3v) is 2.40. The molecule has 0 rings (SSSR count). The minimum absolute atomic E-state index is 0.205. The minimum Gasteiger partial charge on any atom is -0.480 e. The molecule has 0 unspecified atom stereocenters. The maximum Gasteiger partial charge on any atom is 0.321 e. The first kappa shape index (κ1) is 11.3. The van der Waals surface area contributed by atoms with E-state index in [4.69, 9.17) is 5.11 Å². The SMILES string of the molecule is CC[C@H](NS(=O)(=O)NC)C(=O)O. The highest BCUT2D eigenvalue weighted by Crippen LogP contribution is 1.92. The summed E-state index contributed by atoms with van der Waals surface area (Å²) in [4.78, 5) is 10.4. The summed E-state index contributed by atoms with van der Waals surface area (Å²) >= 11 is 0. The molecule has 12 heavy (non-hydrogen) atoms. The molecular weight excluding hydrogens is 184 g/mol. The van der Waals surface area contributed by atoms with Crippen molar-refractivity contribution >= 4 is 16.2 Å². The van der Waals surface area contributed by atoms with E-state index in [0.29, 0.717) is 0 Å². The lowest BCUT2D eigenvalue weighted by Gasteiger charge is -2.10. The van der Waals surface area contributed by atoms with Crippen molar-refractivity contribution in [3.8, 4) is 0 Å². The van der Waals surface area contributed by atoms with Crippen LogP contribution in [0.1, 0.15) is 13.3 Å². The van der Waals surface area contributed by atoms with Gasteiger partial charge in [-0.1, -0.05) is 6.92 Å². The van der Waals surface area contributed by atoms with E-state index in [9.17, 15) is 13.2 Å². The minimum atomic E-state index is -3.66. The number of rotatable bonds is 5. The Morgan fingerprint density at radius 3 is 2.33 bits per heavy atom. The van der Waals surface area contributed by atoms with Gasteiger partial charge in [-0.25, -0.2) is 4.72 Å². The molecule has 7 heteroatoms. The summed E-state index contributed by atoms with van der Waals surface area (Å²) in [6.07, 6.45) is 0.205. The molecule has 0 heterocycles. The fourth-order valence-corrected chi connectivity index (χ4v) is 1.31. The first-order chi connectivity index (χ1) is 5.43. The molecule has 0 aliphatic rings. The Kier molecular flexibility index (Phi) is 4.15. The topological polar surface area (TPSA) is 95.5 Å². The van der Waals surface area contributed by atoms with Crippen molar-refractivity contribution in [2.24, 2.45) is 0 Å². The highest BCUT2D eigenvalue weighted by molar-refractivity contribution is 7.87. The molecule has 0 saturated heterocycles. The maximum atomic E-state index is 10.8. The normalized spacial score (nSPS) is 14.2. The van der Waals surface area contributed by atoms with Gasteiger partial charge < -0.3 is 5.11 Å². The smallest absolute Gasteiger partial charge is 0.321 e. The Hall–Kier alpha value is -0.660. The predicted octanol–water partition coefficient (Wildman–Crippen LogP) is -1.10. The summed E-state index contributed by atoms with van der Waals surface area (Å²) in [6, 6.07) is -1.07. The van der Waals surface area contributed by atoms with Gasteiger partial charge in [-0.2, -0.15) is 13.1 Å². The summed E-state index contributed by atoms with van der Waals surface area (Å²) in [6.45, 7) is 1.58. The average Bonchev–Trinajstić information content (AvgIpc) is 2.00. The molecule has 0 aliphatic heterocycles. The molecular formula is C5H12N2O4S. The van der Waals surface area contributed by atoms with Gasteiger partial charge in [0.15, 0.2) is 0 Å². The molecule has 0 radical (unpaired) electrons. The molecule has 0 aromatic carbocycles. The third-order valence-electron chi connectivity index (χ3n) is 1.27. The Bertz CT molecular complexity index is 248. The Morgan fingerprint density at radius 1 is 1.58 bits per heavy atom. The first-order valence-electron chi connectivity index (χ1n) is 3.36. The molecule has 0 amide bonds. The Morgan fingerprint density at radius 2 is 2.08 bits per heavy atom. The number of aliphatic carboxylic acids is 1. The average molecular weight is 196 g/mol. The van der Waals surface area contributed by atoms with Gasteiger partial charge >= 0.3 is 5.97 Å². The van der Waals surface area contributed by atoms with E-state index in [1.165, 1.54) is 7.05 Å². The van der Waals surface area contributed by atoms with Crippen molar-refractivity contribution in [3.05, 3.63) is 0 Å². The van der Waals surface area contributed by atoms with E-state index in [2.05, 4.69) is 0 Å². The largest absolute Gasteiger partial charge is 0.480 e. The van der Waals surface area contributed by atoms with Crippen LogP contribution in [0, 0.1) is 0 Å². The van der Waals surface area contributed by atoms with Crippen LogP contribution in [0.15, 0.2) is 0 Å². The fraction of sp³-hybridized carbons (Fsp3) is 0.800. The van der Waals surface area contributed by atoms with Gasteiger partial charge in [0.05, 0.1) is 0 Å². The molecule has 0 aliphatic carbocycles. The van der Waals surface area contributed by atoms with E-state index in [1.807, 2.05) is 9.44 Å². The van der Waals surface area contributed by atoms with Crippen LogP contribution in [-0.2, 0) is 15.0 Å². The third kappa shape index (κ3) is 3.65. The standard InChI is InChI=1S/C5H12N2O4S/c1-3-4(5(8)9)7-12(10,11)6-2/h4,6-7H,3H2,1-2H3,(H,8,9)/t4-/m0/s1. The van der Waals surface area contributed by atoms with Gasteiger partial charge in [0, 0.05) is 7.05 Å². The van der Waals surface area contributed by atoms with Gasteiger partial charge in [-0.05, 0) is 6.42 Å². The van der Waals surface area contributed by atoms with Crippen LogP contribution in [0.3, 0.4) is 0 Å². The molecule has 0 spiro atoms. The number of carboxylic acids is 1. The van der Waals surface area contributed by atoms with Gasteiger partial charge in [0.1, 0.15) is 6.04 Å². The van der Waals surface area contributed by atoms with Gasteiger partial charge in [-0.3, -0.25) is 4.79 Å². The Balaban J connectivity index is 4.32. The second-order valence-corrected chi connectivity index (χ2v) is 3.78. The lowest BCUT2D eigenvalue weighted by molar-refractivity contribution is -0.139. The monoisotopic (exact) mass is 196 g/mol. The van der Waals surface area contributed by atoms with Crippen LogP contribution in [0.25, 0.3) is 0 Å². The van der Waals surface area contributed by atoms with E-state index in [1.54, 1.807) is 6.92 Å². The van der Waals surface area contributed by atoms with Gasteiger partial charge in [-0.15, -0.1) is 0 Å². The molecule has 1 atom stereocenters. The van der Waals surface area contributed by atoms with Crippen molar-refractivity contribution in [2.45, 2.75) is 19.4 Å². The summed E-state index contributed by atoms with van der Waals surface area (Å²) in [7, 11) is -2.45. The summed E-state index contributed by atoms with van der Waals surface area (Å²) < 4.78 is 25.5. The lowest BCUT2D eigenvalue weighted by atomic mass is 10.2. The maximum absolute atomic E-state index is 10.8. The molecule has 6 nitrogen and oxygen atoms in total. The summed E-state index contributed by atoms with van der Waals surface area (Å²) in [5.74, 6) is -1.18. The molecule has 0 saturated carbocycles. The predicted molar refractivity (Wildman–Crippen MR) is 42.8 cm³/mol. The number of carbonyl (C=O) groups is 1. The van der Waals surface area contributed by atoms with E-state index in [0.717, 1.165) is 0 Å². The van der Waals surface area contributed by atoms with E-state index < -0.39 is 22.2 Å². The Labute approximate surface area is 71.2 Å². The van der Waals surface area contributed by atoms with Crippen molar-refractivity contribution < 1.29 is 18.3 Å². The molecule has 72 valence electrons. The molecule has 3 N–H and O–H groups in total. The second-order valence-electron chi connectivity index (χ2n) is 2.12. The van der Waals surface area contributed by atoms with Crippen LogP contribution < -0.4 is 9.44 Å². The van der Waals surface area contributed by atoms with Gasteiger partial charge in [0.2, 0.25) is 0 Å². The van der Waals surface area contributed by atoms with Crippen LogP contribution in [0.2, 0.25) is 0 Å². The molecule has 0 fully saturated rings. The van der Waals surface area contributed by atoms with Crippen molar-refractivity contribution in [2.75, 3.05) is 7.05 Å². The first-order valence-corrected chi connectivity index (χ1v) is 4.85. The molecule has 0 bridgehead atoms. The van der Waals surface area contributed by atoms with Crippen LogP contribution >= 0.6 is 0 Å². The number of carboxylic acid groups (broad SMARTS) is 1. The van der Waals surface area contributed by atoms with E-state index in [-0.39, 0.29) is 6.42 Å². The quantitative estimate of drug-likeness (QED) is 0.520. The fourth-order valence-electron chi connectivity index (χ4n) is 0.555. The van der Waals surface area contributed by atoms with Crippen LogP contribution in [-0.4, -0.2) is 32.6 Å². The highest BCUT2D eigenvalue weighted by Gasteiger charge is 2.20. The molecule has 0 aromatic rings. The molecule has 0 aromatic heterocycles. The summed E-state index contributed by atoms with van der Waals surface area (Å²) in [5.41, 5.74) is 0. The van der Waals surface area contributed by atoms with Gasteiger partial charge in [0.25, 0.3) is 10.2 Å². The number of nitrogens with one attached hydrogen (secondary N) is 2.